The smallest absolute Gasteiger partial charge is 0.258 e. The van der Waals surface area contributed by atoms with Crippen LogP contribution >= 0.6 is 0 Å². The fourth-order valence-corrected chi connectivity index (χ4v) is 4.55. The van der Waals surface area contributed by atoms with E-state index in [4.69, 9.17) is 15.2 Å². The van der Waals surface area contributed by atoms with Crippen molar-refractivity contribution >= 4 is 28.6 Å². The molecule has 3 aromatic carbocycles. The third-order valence-electron chi connectivity index (χ3n) is 6.46. The third-order valence-corrected chi connectivity index (χ3v) is 6.46. The highest BCUT2D eigenvalue weighted by molar-refractivity contribution is 5.95. The van der Waals surface area contributed by atoms with Gasteiger partial charge in [-0.25, -0.2) is 0 Å². The molecule has 1 unspecified atom stereocenters. The first kappa shape index (κ1) is 27.3. The Hall–Kier alpha value is -4.79. The lowest BCUT2D eigenvalue weighted by Gasteiger charge is -2.28. The quantitative estimate of drug-likeness (QED) is 0.258. The minimum absolute atomic E-state index is 0. The third kappa shape index (κ3) is 6.95. The van der Waals surface area contributed by atoms with Gasteiger partial charge in [-0.2, -0.15) is 0 Å². The Bertz CT molecular complexity index is 1470. The van der Waals surface area contributed by atoms with Crippen molar-refractivity contribution in [3.05, 3.63) is 95.7 Å². The van der Waals surface area contributed by atoms with Crippen molar-refractivity contribution in [3.63, 3.8) is 0 Å². The molecule has 1 atom stereocenters. The van der Waals surface area contributed by atoms with Gasteiger partial charge in [0.05, 0.1) is 18.7 Å². The number of fused-ring (bicyclic) bond motifs is 1. The van der Waals surface area contributed by atoms with Crippen molar-refractivity contribution in [1.82, 2.24) is 15.2 Å². The maximum atomic E-state index is 13.0. The van der Waals surface area contributed by atoms with E-state index in [0.717, 1.165) is 22.0 Å². The summed E-state index contributed by atoms with van der Waals surface area (Å²) in [7, 11) is 1.59. The lowest BCUT2D eigenvalue weighted by Crippen LogP contribution is -2.47. The number of nitrogens with one attached hydrogen (secondary N) is 2. The minimum atomic E-state index is -0.642. The summed E-state index contributed by atoms with van der Waals surface area (Å²) < 4.78 is 11.1. The van der Waals surface area contributed by atoms with E-state index in [1.165, 1.54) is 13.0 Å². The molecule has 39 heavy (non-hydrogen) atoms. The second-order valence-electron chi connectivity index (χ2n) is 9.19. The van der Waals surface area contributed by atoms with Crippen LogP contribution in [0.4, 0.5) is 0 Å². The number of carbonyl (C=O) groups is 3. The molecule has 3 amide bonds. The number of hydrogen-bond donors (Lipinski definition) is 3. The standard InChI is InChI=1S/C30H32N4O5.H2/c1-20(35)34(17-21-9-3-7-13-27(21)38-2)18-23(15-22-16-32-26-12-6-4-10-24(22)26)33-29(36)19-39-28-14-8-5-11-25(28)30(31)37;/h3-14,16,23,32H,15,17-19H2,1-2H3,(H2,31,37)(H,33,36);1H. The first-order valence-electron chi connectivity index (χ1n) is 12.6. The molecule has 1 heterocycles. The first-order valence-corrected chi connectivity index (χ1v) is 12.6. The molecular formula is C30H34N4O5. The second kappa shape index (κ2) is 12.6. The van der Waals surface area contributed by atoms with Crippen LogP contribution in [0.25, 0.3) is 10.9 Å². The van der Waals surface area contributed by atoms with Crippen LogP contribution in [-0.2, 0) is 22.6 Å². The summed E-state index contributed by atoms with van der Waals surface area (Å²) in [5, 5.41) is 4.06. The number of carbonyl (C=O) groups excluding carboxylic acids is 3. The molecule has 9 nitrogen and oxygen atoms in total. The monoisotopic (exact) mass is 530 g/mol. The highest BCUT2D eigenvalue weighted by Crippen LogP contribution is 2.22. The van der Waals surface area contributed by atoms with E-state index in [0.29, 0.717) is 18.7 Å². The Morgan fingerprint density at radius 1 is 0.974 bits per heavy atom. The molecular weight excluding hydrogens is 496 g/mol. The fourth-order valence-electron chi connectivity index (χ4n) is 4.55. The van der Waals surface area contributed by atoms with E-state index in [2.05, 4.69) is 10.3 Å². The van der Waals surface area contributed by atoms with Gasteiger partial charge in [0.25, 0.3) is 11.8 Å². The molecule has 0 fully saturated rings. The summed E-state index contributed by atoms with van der Waals surface area (Å²) in [6.45, 7) is 1.77. The molecule has 0 aliphatic heterocycles. The van der Waals surface area contributed by atoms with E-state index in [9.17, 15) is 14.4 Å². The maximum Gasteiger partial charge on any atom is 0.258 e. The summed E-state index contributed by atoms with van der Waals surface area (Å²) >= 11 is 0. The minimum Gasteiger partial charge on any atom is -0.496 e. The highest BCUT2D eigenvalue weighted by Gasteiger charge is 2.22. The second-order valence-corrected chi connectivity index (χ2v) is 9.19. The molecule has 0 radical (unpaired) electrons. The average Bonchev–Trinajstić information content (AvgIpc) is 3.34. The summed E-state index contributed by atoms with van der Waals surface area (Å²) in [4.78, 5) is 42.4. The zero-order valence-corrected chi connectivity index (χ0v) is 22.0. The van der Waals surface area contributed by atoms with Gasteiger partial charge in [-0.3, -0.25) is 14.4 Å². The molecule has 0 saturated carbocycles. The van der Waals surface area contributed by atoms with Crippen molar-refractivity contribution < 1.29 is 25.3 Å². The van der Waals surface area contributed by atoms with Crippen LogP contribution in [-0.4, -0.2) is 53.9 Å². The number of amides is 3. The number of methoxy groups -OCH3 is 1. The number of aromatic amines is 1. The maximum absolute atomic E-state index is 13.0. The Morgan fingerprint density at radius 2 is 1.67 bits per heavy atom. The van der Waals surface area contributed by atoms with Crippen LogP contribution in [0.15, 0.2) is 79.0 Å². The van der Waals surface area contributed by atoms with Crippen molar-refractivity contribution in [3.8, 4) is 11.5 Å². The van der Waals surface area contributed by atoms with Crippen molar-refractivity contribution in [2.45, 2.75) is 25.9 Å². The Balaban J connectivity index is 0.00000441. The molecule has 4 N–H and O–H groups in total. The van der Waals surface area contributed by atoms with Crippen LogP contribution in [0.1, 0.15) is 29.8 Å². The number of nitrogens with zero attached hydrogens (tertiary/aromatic N) is 1. The van der Waals surface area contributed by atoms with Gasteiger partial charge in [0, 0.05) is 44.1 Å². The Kier molecular flexibility index (Phi) is 8.83. The van der Waals surface area contributed by atoms with Crippen LogP contribution < -0.4 is 20.5 Å². The van der Waals surface area contributed by atoms with Crippen LogP contribution in [0.5, 0.6) is 11.5 Å². The van der Waals surface area contributed by atoms with Crippen molar-refractivity contribution in [2.24, 2.45) is 5.73 Å². The lowest BCUT2D eigenvalue weighted by atomic mass is 10.0. The zero-order chi connectivity index (χ0) is 27.8. The molecule has 9 heteroatoms. The molecule has 0 spiro atoms. The number of H-pyrrole nitrogens is 1. The van der Waals surface area contributed by atoms with E-state index < -0.39 is 11.9 Å². The molecule has 0 bridgehead atoms. The summed E-state index contributed by atoms with van der Waals surface area (Å²) in [5.74, 6) is -0.250. The number of ether oxygens (including phenoxy) is 2. The summed E-state index contributed by atoms with van der Waals surface area (Å²) in [6, 6.07) is 21.5. The molecule has 0 saturated heterocycles. The lowest BCUT2D eigenvalue weighted by molar-refractivity contribution is -0.131. The number of aromatic nitrogens is 1. The van der Waals surface area contributed by atoms with Gasteiger partial charge in [-0.05, 0) is 36.2 Å². The summed E-state index contributed by atoms with van der Waals surface area (Å²) in [6.07, 6.45) is 2.39. The average molecular weight is 531 g/mol. The van der Waals surface area contributed by atoms with Crippen LogP contribution in [0, 0.1) is 0 Å². The molecule has 4 rings (SSSR count). The van der Waals surface area contributed by atoms with Gasteiger partial charge in [-0.15, -0.1) is 0 Å². The van der Waals surface area contributed by atoms with Crippen LogP contribution in [0.3, 0.4) is 0 Å². The molecule has 0 aliphatic rings. The van der Waals surface area contributed by atoms with Crippen molar-refractivity contribution in [2.75, 3.05) is 20.3 Å². The number of hydrogen-bond acceptors (Lipinski definition) is 5. The molecule has 204 valence electrons. The number of nitrogens with two attached hydrogens (primary N) is 1. The highest BCUT2D eigenvalue weighted by atomic mass is 16.5. The largest absolute Gasteiger partial charge is 0.496 e. The van der Waals surface area contributed by atoms with Gasteiger partial charge in [0.2, 0.25) is 5.91 Å². The van der Waals surface area contributed by atoms with Gasteiger partial charge >= 0.3 is 0 Å². The van der Waals surface area contributed by atoms with Gasteiger partial charge in [-0.1, -0.05) is 48.5 Å². The molecule has 1 aromatic heterocycles. The Labute approximate surface area is 228 Å². The van der Waals surface area contributed by atoms with E-state index in [1.807, 2.05) is 54.7 Å². The number of rotatable bonds is 12. The normalized spacial score (nSPS) is 11.5. The van der Waals surface area contributed by atoms with E-state index in [-0.39, 0.29) is 37.7 Å². The van der Waals surface area contributed by atoms with E-state index in [1.54, 1.807) is 30.2 Å². The predicted octanol–water partition coefficient (Wildman–Crippen LogP) is 3.68. The Morgan fingerprint density at radius 3 is 2.41 bits per heavy atom. The SMILES string of the molecule is COc1ccccc1CN(CC(Cc1c[nH]c2ccccc12)NC(=O)COc1ccccc1C(N)=O)C(C)=O.[HH]. The van der Waals surface area contributed by atoms with E-state index >= 15 is 0 Å². The fraction of sp³-hybridized carbons (Fsp3) is 0.233. The summed E-state index contributed by atoms with van der Waals surface area (Å²) in [5.41, 5.74) is 8.47. The number of primary amides is 1. The van der Waals surface area contributed by atoms with Crippen LogP contribution in [0.2, 0.25) is 0 Å². The predicted molar refractivity (Wildman–Crippen MR) is 151 cm³/mol. The topological polar surface area (TPSA) is 127 Å². The van der Waals surface area contributed by atoms with Gasteiger partial charge in [0.1, 0.15) is 11.5 Å². The van der Waals surface area contributed by atoms with Crippen molar-refractivity contribution in [1.29, 1.82) is 0 Å². The first-order chi connectivity index (χ1) is 18.9. The molecule has 0 aliphatic carbocycles. The van der Waals surface area contributed by atoms with Gasteiger partial charge < -0.3 is 30.4 Å². The molecule has 4 aromatic rings. The number of benzene rings is 3. The zero-order valence-electron chi connectivity index (χ0n) is 22.0. The van der Waals surface area contributed by atoms with Gasteiger partial charge in [0.15, 0.2) is 6.61 Å². The number of para-hydroxylation sites is 3.